The molecular formula is C21H17Cl2FN2O3. The van der Waals surface area contributed by atoms with Crippen molar-refractivity contribution < 1.29 is 13.9 Å². The molecule has 0 fully saturated rings. The van der Waals surface area contributed by atoms with Gasteiger partial charge in [-0.15, -0.1) is 0 Å². The fraction of sp³-hybridized carbons (Fsp3) is 0.190. The van der Waals surface area contributed by atoms with Crippen LogP contribution in [-0.4, -0.2) is 22.6 Å². The van der Waals surface area contributed by atoms with Crippen LogP contribution < -0.4 is 5.43 Å². The highest BCUT2D eigenvalue weighted by Gasteiger charge is 2.26. The lowest BCUT2D eigenvalue weighted by molar-refractivity contribution is 0.0599. The Labute approximate surface area is 176 Å². The minimum Gasteiger partial charge on any atom is -0.465 e. The van der Waals surface area contributed by atoms with Crippen LogP contribution in [0.3, 0.4) is 0 Å². The van der Waals surface area contributed by atoms with Crippen molar-refractivity contribution in [2.45, 2.75) is 20.4 Å². The Morgan fingerprint density at radius 1 is 1.17 bits per heavy atom. The zero-order valence-electron chi connectivity index (χ0n) is 15.9. The lowest BCUT2D eigenvalue weighted by atomic mass is 9.97. The number of nitrogens with zero attached hydrogens (tertiary/aromatic N) is 2. The van der Waals surface area contributed by atoms with Gasteiger partial charge in [0.05, 0.1) is 28.4 Å². The van der Waals surface area contributed by atoms with Crippen LogP contribution in [0.15, 0.2) is 41.3 Å². The molecule has 0 aliphatic heterocycles. The number of carbonyl (C=O) groups is 1. The largest absolute Gasteiger partial charge is 0.465 e. The average Bonchev–Trinajstić information content (AvgIpc) is 2.70. The molecule has 0 aliphatic rings. The number of ether oxygens (including phenoxy) is 1. The van der Waals surface area contributed by atoms with Crippen LogP contribution in [0.4, 0.5) is 4.39 Å². The highest BCUT2D eigenvalue weighted by atomic mass is 35.5. The van der Waals surface area contributed by atoms with E-state index >= 15 is 0 Å². The Morgan fingerprint density at radius 3 is 2.41 bits per heavy atom. The third-order valence-electron chi connectivity index (χ3n) is 4.64. The van der Waals surface area contributed by atoms with Crippen molar-refractivity contribution in [3.8, 4) is 22.4 Å². The summed E-state index contributed by atoms with van der Waals surface area (Å²) in [6, 6.07) is 7.48. The molecule has 29 heavy (non-hydrogen) atoms. The number of pyridine rings is 2. The first-order valence-corrected chi connectivity index (χ1v) is 9.48. The molecule has 0 amide bonds. The molecule has 0 saturated carbocycles. The first-order valence-electron chi connectivity index (χ1n) is 8.73. The third-order valence-corrected chi connectivity index (χ3v) is 5.38. The van der Waals surface area contributed by atoms with E-state index in [9.17, 15) is 14.0 Å². The highest BCUT2D eigenvalue weighted by Crippen LogP contribution is 2.33. The molecule has 8 heteroatoms. The summed E-state index contributed by atoms with van der Waals surface area (Å²) in [7, 11) is 1.20. The number of methoxy groups -OCH3 is 1. The van der Waals surface area contributed by atoms with E-state index in [1.54, 1.807) is 25.1 Å². The number of halogens is 3. The Morgan fingerprint density at radius 2 is 1.86 bits per heavy atom. The van der Waals surface area contributed by atoms with E-state index in [-0.39, 0.29) is 11.1 Å². The molecule has 2 aromatic heterocycles. The molecule has 3 aromatic rings. The van der Waals surface area contributed by atoms with Crippen LogP contribution in [0.2, 0.25) is 10.0 Å². The molecule has 0 radical (unpaired) electrons. The maximum absolute atomic E-state index is 13.4. The van der Waals surface area contributed by atoms with Gasteiger partial charge in [-0.3, -0.25) is 4.79 Å². The topological polar surface area (TPSA) is 61.2 Å². The van der Waals surface area contributed by atoms with Crippen LogP contribution in [0.25, 0.3) is 22.4 Å². The van der Waals surface area contributed by atoms with Gasteiger partial charge in [0, 0.05) is 29.6 Å². The molecule has 0 N–H and O–H groups in total. The molecule has 5 nitrogen and oxygen atoms in total. The van der Waals surface area contributed by atoms with Gasteiger partial charge < -0.3 is 9.30 Å². The molecule has 0 bridgehead atoms. The van der Waals surface area contributed by atoms with Gasteiger partial charge in [-0.05, 0) is 38.1 Å². The number of esters is 1. The molecule has 2 heterocycles. The van der Waals surface area contributed by atoms with Gasteiger partial charge >= 0.3 is 5.97 Å². The summed E-state index contributed by atoms with van der Waals surface area (Å²) < 4.78 is 20.0. The summed E-state index contributed by atoms with van der Waals surface area (Å²) in [4.78, 5) is 29.6. The van der Waals surface area contributed by atoms with Crippen molar-refractivity contribution >= 4 is 29.2 Å². The normalized spacial score (nSPS) is 10.8. The monoisotopic (exact) mass is 434 g/mol. The predicted molar refractivity (Wildman–Crippen MR) is 111 cm³/mol. The quantitative estimate of drug-likeness (QED) is 0.421. The van der Waals surface area contributed by atoms with Crippen molar-refractivity contribution in [3.63, 3.8) is 0 Å². The number of hydrogen-bond donors (Lipinski definition) is 0. The summed E-state index contributed by atoms with van der Waals surface area (Å²) >= 11 is 12.2. The maximum Gasteiger partial charge on any atom is 0.344 e. The SMILES string of the molecule is CCn1c(C)c(-c2ccc(F)nc2)c(=O)c(C(=O)OC)c1-c1ccc(Cl)c(Cl)c1. The van der Waals surface area contributed by atoms with Crippen LogP contribution in [0, 0.1) is 12.9 Å². The summed E-state index contributed by atoms with van der Waals surface area (Å²) in [6.07, 6.45) is 1.26. The van der Waals surface area contributed by atoms with Gasteiger partial charge in [0.15, 0.2) is 0 Å². The predicted octanol–water partition coefficient (Wildman–Crippen LogP) is 5.14. The number of hydrogen-bond acceptors (Lipinski definition) is 4. The Balaban J connectivity index is 2.45. The summed E-state index contributed by atoms with van der Waals surface area (Å²) in [5.41, 5.74) is 1.50. The van der Waals surface area contributed by atoms with E-state index in [1.807, 2.05) is 11.5 Å². The second-order valence-corrected chi connectivity index (χ2v) is 7.06. The van der Waals surface area contributed by atoms with Gasteiger partial charge in [0.25, 0.3) is 0 Å². The lowest BCUT2D eigenvalue weighted by Gasteiger charge is -2.21. The smallest absolute Gasteiger partial charge is 0.344 e. The van der Waals surface area contributed by atoms with Gasteiger partial charge in [-0.2, -0.15) is 4.39 Å². The first kappa shape index (κ1) is 21.0. The van der Waals surface area contributed by atoms with E-state index in [4.69, 9.17) is 27.9 Å². The minimum atomic E-state index is -0.783. The third kappa shape index (κ3) is 3.78. The summed E-state index contributed by atoms with van der Waals surface area (Å²) in [6.45, 7) is 4.09. The number of aromatic nitrogens is 2. The van der Waals surface area contributed by atoms with Gasteiger partial charge in [-0.25, -0.2) is 9.78 Å². The van der Waals surface area contributed by atoms with Gasteiger partial charge in [-0.1, -0.05) is 29.3 Å². The lowest BCUT2D eigenvalue weighted by Crippen LogP contribution is -2.26. The molecule has 150 valence electrons. The van der Waals surface area contributed by atoms with Crippen molar-refractivity contribution in [2.24, 2.45) is 0 Å². The number of carbonyl (C=O) groups excluding carboxylic acids is 1. The number of benzene rings is 1. The summed E-state index contributed by atoms with van der Waals surface area (Å²) in [5.74, 6) is -1.45. The second-order valence-electron chi connectivity index (χ2n) is 6.25. The molecule has 0 spiro atoms. The number of rotatable bonds is 4. The molecule has 1 aromatic carbocycles. The van der Waals surface area contributed by atoms with Crippen molar-refractivity contribution in [2.75, 3.05) is 7.11 Å². The maximum atomic E-state index is 13.4. The van der Waals surface area contributed by atoms with Crippen LogP contribution >= 0.6 is 23.2 Å². The van der Waals surface area contributed by atoms with Crippen molar-refractivity contribution in [1.29, 1.82) is 0 Å². The second kappa shape index (κ2) is 8.35. The van der Waals surface area contributed by atoms with Crippen LogP contribution in [-0.2, 0) is 11.3 Å². The molecule has 0 saturated heterocycles. The first-order chi connectivity index (χ1) is 13.8. The molecule has 0 aliphatic carbocycles. The van der Waals surface area contributed by atoms with E-state index in [0.717, 1.165) is 6.07 Å². The fourth-order valence-corrected chi connectivity index (χ4v) is 3.63. The van der Waals surface area contributed by atoms with Crippen LogP contribution in [0.1, 0.15) is 23.0 Å². The van der Waals surface area contributed by atoms with Crippen molar-refractivity contribution in [3.05, 3.63) is 74.0 Å². The molecule has 0 atom stereocenters. The zero-order chi connectivity index (χ0) is 21.3. The van der Waals surface area contributed by atoms with Gasteiger partial charge in [0.1, 0.15) is 5.56 Å². The minimum absolute atomic E-state index is 0.141. The van der Waals surface area contributed by atoms with Crippen LogP contribution in [0.5, 0.6) is 0 Å². The van der Waals surface area contributed by atoms with E-state index in [0.29, 0.717) is 39.1 Å². The van der Waals surface area contributed by atoms with Gasteiger partial charge in [0.2, 0.25) is 11.4 Å². The standard InChI is InChI=1S/C21H17Cl2FN2O3/c1-4-26-11(2)17(13-6-8-16(24)25-10-13)20(27)18(21(28)29-3)19(26)12-5-7-14(22)15(23)9-12/h5-10H,4H2,1-3H3. The summed E-state index contributed by atoms with van der Waals surface area (Å²) in [5, 5.41) is 0.644. The average molecular weight is 435 g/mol. The highest BCUT2D eigenvalue weighted by molar-refractivity contribution is 6.42. The Bertz CT molecular complexity index is 1160. The zero-order valence-corrected chi connectivity index (χ0v) is 17.4. The fourth-order valence-electron chi connectivity index (χ4n) is 3.33. The van der Waals surface area contributed by atoms with Crippen molar-refractivity contribution in [1.82, 2.24) is 9.55 Å². The van der Waals surface area contributed by atoms with E-state index in [2.05, 4.69) is 4.98 Å². The van der Waals surface area contributed by atoms with E-state index in [1.165, 1.54) is 19.4 Å². The molecular weight excluding hydrogens is 418 g/mol. The Kier molecular flexibility index (Phi) is 6.05. The van der Waals surface area contributed by atoms with E-state index < -0.39 is 17.3 Å². The molecule has 0 unspecified atom stereocenters. The molecule has 3 rings (SSSR count). The Hall–Kier alpha value is -2.70.